The van der Waals surface area contributed by atoms with Crippen molar-refractivity contribution in [3.05, 3.63) is 79.4 Å². The minimum Gasteiger partial charge on any atom is -0.355 e. The van der Waals surface area contributed by atoms with E-state index in [4.69, 9.17) is 0 Å². The van der Waals surface area contributed by atoms with Crippen LogP contribution in [0.3, 0.4) is 0 Å². The molecule has 2 aromatic heterocycles. The summed E-state index contributed by atoms with van der Waals surface area (Å²) in [5.41, 5.74) is 2.40. The number of aryl methyl sites for hydroxylation is 2. The molecule has 8 heteroatoms. The second-order valence-corrected chi connectivity index (χ2v) is 10.3. The zero-order valence-corrected chi connectivity index (χ0v) is 19.9. The Labute approximate surface area is 195 Å². The predicted molar refractivity (Wildman–Crippen MR) is 129 cm³/mol. The lowest BCUT2D eigenvalue weighted by molar-refractivity contribution is -0.118. The van der Waals surface area contributed by atoms with Crippen LogP contribution in [-0.4, -0.2) is 29.5 Å². The number of hydrogen-bond donors (Lipinski definition) is 2. The molecule has 1 unspecified atom stereocenters. The Morgan fingerprint density at radius 1 is 1.09 bits per heavy atom. The molecule has 0 saturated heterocycles. The van der Waals surface area contributed by atoms with Gasteiger partial charge in [0.15, 0.2) is 5.43 Å². The van der Waals surface area contributed by atoms with Gasteiger partial charge in [0.2, 0.25) is 5.91 Å². The lowest BCUT2D eigenvalue weighted by atomic mass is 10.0. The van der Waals surface area contributed by atoms with Gasteiger partial charge in [-0.05, 0) is 38.1 Å². The molecular formula is C24H25N3O3S2. The van der Waals surface area contributed by atoms with E-state index >= 15 is 0 Å². The summed E-state index contributed by atoms with van der Waals surface area (Å²) < 4.78 is 2.05. The maximum atomic E-state index is 13.1. The van der Waals surface area contributed by atoms with Crippen LogP contribution < -0.4 is 16.1 Å². The number of nitrogens with one attached hydrogen (secondary N) is 2. The number of pyridine rings is 1. The van der Waals surface area contributed by atoms with Gasteiger partial charge in [0.1, 0.15) is 5.56 Å². The molecule has 0 aliphatic carbocycles. The molecule has 3 heterocycles. The van der Waals surface area contributed by atoms with E-state index in [0.717, 1.165) is 22.0 Å². The van der Waals surface area contributed by atoms with Crippen molar-refractivity contribution in [2.24, 2.45) is 0 Å². The van der Waals surface area contributed by atoms with Crippen LogP contribution in [0.15, 0.2) is 52.2 Å². The molecular weight excluding hydrogens is 442 g/mol. The molecule has 1 aliphatic rings. The van der Waals surface area contributed by atoms with Crippen molar-refractivity contribution in [3.8, 4) is 5.69 Å². The van der Waals surface area contributed by atoms with Crippen molar-refractivity contribution in [2.75, 3.05) is 13.1 Å². The molecule has 0 saturated carbocycles. The van der Waals surface area contributed by atoms with Gasteiger partial charge in [-0.25, -0.2) is 0 Å². The van der Waals surface area contributed by atoms with Gasteiger partial charge in [0, 0.05) is 63.8 Å². The summed E-state index contributed by atoms with van der Waals surface area (Å²) in [6.07, 6.45) is 0.560. The summed E-state index contributed by atoms with van der Waals surface area (Å²) in [7, 11) is 0. The number of rotatable bonds is 5. The third-order valence-electron chi connectivity index (χ3n) is 5.34. The average Bonchev–Trinajstić information content (AvgIpc) is 3.09. The molecule has 0 spiro atoms. The fraction of sp³-hybridized carbons (Fsp3) is 0.292. The Morgan fingerprint density at radius 2 is 1.84 bits per heavy atom. The van der Waals surface area contributed by atoms with E-state index in [1.807, 2.05) is 29.7 Å². The second-order valence-electron chi connectivity index (χ2n) is 7.77. The summed E-state index contributed by atoms with van der Waals surface area (Å²) >= 11 is 3.51. The van der Waals surface area contributed by atoms with Crippen molar-refractivity contribution in [3.63, 3.8) is 0 Å². The first-order valence-corrected chi connectivity index (χ1v) is 12.2. The average molecular weight is 468 g/mol. The number of nitrogens with zero attached hydrogens (tertiary/aromatic N) is 1. The van der Waals surface area contributed by atoms with Crippen molar-refractivity contribution in [1.82, 2.24) is 15.2 Å². The molecule has 0 fully saturated rings. The summed E-state index contributed by atoms with van der Waals surface area (Å²) in [6, 6.07) is 13.9. The second kappa shape index (κ2) is 9.34. The van der Waals surface area contributed by atoms with Crippen molar-refractivity contribution < 1.29 is 9.59 Å². The molecule has 0 bridgehead atoms. The van der Waals surface area contributed by atoms with E-state index < -0.39 is 5.91 Å². The predicted octanol–water partition coefficient (Wildman–Crippen LogP) is 3.77. The highest BCUT2D eigenvalue weighted by molar-refractivity contribution is 7.99. The Balaban J connectivity index is 1.81. The Kier molecular flexibility index (Phi) is 6.53. The van der Waals surface area contributed by atoms with Gasteiger partial charge in [-0.15, -0.1) is 23.1 Å². The Morgan fingerprint density at radius 3 is 2.56 bits per heavy atom. The minimum atomic E-state index is -0.408. The van der Waals surface area contributed by atoms with Gasteiger partial charge < -0.3 is 15.2 Å². The number of aromatic nitrogens is 1. The van der Waals surface area contributed by atoms with Gasteiger partial charge in [0.25, 0.3) is 5.91 Å². The molecule has 1 atom stereocenters. The normalized spacial score (nSPS) is 14.8. The van der Waals surface area contributed by atoms with Crippen LogP contribution in [0.2, 0.25) is 0 Å². The first-order chi connectivity index (χ1) is 15.3. The summed E-state index contributed by atoms with van der Waals surface area (Å²) in [6.45, 7) is 5.98. The molecule has 1 aromatic carbocycles. The molecule has 2 amide bonds. The lowest BCUT2D eigenvalue weighted by Gasteiger charge is -2.19. The van der Waals surface area contributed by atoms with Crippen LogP contribution in [0.4, 0.5) is 0 Å². The fourth-order valence-electron chi connectivity index (χ4n) is 3.97. The van der Waals surface area contributed by atoms with E-state index in [0.29, 0.717) is 13.0 Å². The van der Waals surface area contributed by atoms with Crippen LogP contribution in [-0.2, 0) is 11.2 Å². The number of para-hydroxylation sites is 1. The van der Waals surface area contributed by atoms with E-state index in [1.54, 1.807) is 23.1 Å². The van der Waals surface area contributed by atoms with Crippen LogP contribution in [0.25, 0.3) is 5.69 Å². The van der Waals surface area contributed by atoms with Crippen LogP contribution >= 0.6 is 23.1 Å². The van der Waals surface area contributed by atoms with Gasteiger partial charge in [-0.3, -0.25) is 14.4 Å². The summed E-state index contributed by atoms with van der Waals surface area (Å²) in [4.78, 5) is 40.8. The number of amides is 2. The van der Waals surface area contributed by atoms with Crippen LogP contribution in [0.5, 0.6) is 0 Å². The molecule has 3 aromatic rings. The highest BCUT2D eigenvalue weighted by Gasteiger charge is 2.29. The Bertz CT molecular complexity index is 1250. The minimum absolute atomic E-state index is 0.0933. The summed E-state index contributed by atoms with van der Waals surface area (Å²) in [5.74, 6) is -0.569. The first-order valence-electron chi connectivity index (χ1n) is 10.5. The van der Waals surface area contributed by atoms with E-state index in [1.165, 1.54) is 22.7 Å². The fourth-order valence-corrected chi connectivity index (χ4v) is 6.29. The quantitative estimate of drug-likeness (QED) is 0.560. The van der Waals surface area contributed by atoms with E-state index in [9.17, 15) is 14.4 Å². The van der Waals surface area contributed by atoms with Gasteiger partial charge in [-0.1, -0.05) is 12.1 Å². The largest absolute Gasteiger partial charge is 0.355 e. The molecule has 1 aliphatic heterocycles. The van der Waals surface area contributed by atoms with Crippen LogP contribution in [0, 0.1) is 13.8 Å². The number of benzene rings is 1. The molecule has 4 rings (SSSR count). The molecule has 166 valence electrons. The van der Waals surface area contributed by atoms with Crippen molar-refractivity contribution in [1.29, 1.82) is 0 Å². The Hall–Kier alpha value is -2.84. The lowest BCUT2D eigenvalue weighted by Crippen LogP contribution is -2.37. The molecule has 32 heavy (non-hydrogen) atoms. The van der Waals surface area contributed by atoms with Gasteiger partial charge in [0.05, 0.1) is 5.69 Å². The highest BCUT2D eigenvalue weighted by Crippen LogP contribution is 2.45. The first kappa shape index (κ1) is 22.4. The molecule has 0 radical (unpaired) electrons. The van der Waals surface area contributed by atoms with Gasteiger partial charge >= 0.3 is 0 Å². The molecule has 6 nitrogen and oxygen atoms in total. The number of thioether (sulfide) groups is 1. The maximum absolute atomic E-state index is 13.1. The number of carbonyl (C=O) groups excluding carboxylic acids is 2. The third-order valence-corrected chi connectivity index (χ3v) is 7.91. The van der Waals surface area contributed by atoms with Crippen LogP contribution in [0.1, 0.15) is 43.7 Å². The van der Waals surface area contributed by atoms with E-state index in [2.05, 4.69) is 35.8 Å². The molecule has 2 N–H and O–H groups in total. The zero-order chi connectivity index (χ0) is 22.8. The summed E-state index contributed by atoms with van der Waals surface area (Å²) in [5, 5.41) is 5.54. The number of thiophene rings is 1. The van der Waals surface area contributed by atoms with E-state index in [-0.39, 0.29) is 28.7 Å². The smallest absolute Gasteiger partial charge is 0.257 e. The third kappa shape index (κ3) is 4.52. The maximum Gasteiger partial charge on any atom is 0.257 e. The zero-order valence-electron chi connectivity index (χ0n) is 18.2. The van der Waals surface area contributed by atoms with Crippen molar-refractivity contribution in [2.45, 2.75) is 37.3 Å². The number of hydrogen-bond acceptors (Lipinski definition) is 5. The van der Waals surface area contributed by atoms with Crippen molar-refractivity contribution >= 4 is 34.9 Å². The topological polar surface area (TPSA) is 80.2 Å². The highest BCUT2D eigenvalue weighted by atomic mass is 32.2. The number of fused-ring (bicyclic) bond motifs is 3. The monoisotopic (exact) mass is 467 g/mol. The standard InChI is InChI=1S/C24H25N3O3S2/c1-14-12-19(29)23(24(30)26-11-10-25-16(3)28)18-13-22(21-9-8-15(2)31-21)32-20-7-5-4-6-17(20)27(14)18/h4-9,12,22H,10-11,13H2,1-3H3,(H,25,28)(H,26,30). The van der Waals surface area contributed by atoms with Gasteiger partial charge in [-0.2, -0.15) is 0 Å². The number of carbonyl (C=O) groups is 2. The SMILES string of the molecule is CC(=O)NCCNC(=O)c1c2n(c(C)cc1=O)-c1ccccc1SC(c1ccc(C)s1)C2.